The molecule has 1 aromatic heterocycles. The molecule has 0 amide bonds. The van der Waals surface area contributed by atoms with Crippen LogP contribution in [-0.4, -0.2) is 9.78 Å². The Hall–Kier alpha value is -1.13. The number of hydrazine groups is 1. The molecule has 0 saturated heterocycles. The van der Waals surface area contributed by atoms with Crippen molar-refractivity contribution in [1.29, 1.82) is 0 Å². The molecule has 1 aliphatic carbocycles. The van der Waals surface area contributed by atoms with Gasteiger partial charge in [-0.05, 0) is 32.6 Å². The molecule has 4 nitrogen and oxygen atoms in total. The predicted molar refractivity (Wildman–Crippen MR) is 64.6 cm³/mol. The van der Waals surface area contributed by atoms with E-state index in [0.717, 1.165) is 12.1 Å². The maximum Gasteiger partial charge on any atom is 0.0703 e. The molecule has 4 heteroatoms. The van der Waals surface area contributed by atoms with Crippen LogP contribution in [-0.2, 0) is 7.05 Å². The van der Waals surface area contributed by atoms with Gasteiger partial charge in [0, 0.05) is 18.8 Å². The lowest BCUT2D eigenvalue weighted by Crippen LogP contribution is -2.30. The van der Waals surface area contributed by atoms with Crippen LogP contribution in [0.2, 0.25) is 0 Å². The van der Waals surface area contributed by atoms with E-state index in [1.165, 1.54) is 30.4 Å². The molecule has 1 unspecified atom stereocenters. The van der Waals surface area contributed by atoms with Gasteiger partial charge in [-0.3, -0.25) is 10.5 Å². The molecule has 88 valence electrons. The Morgan fingerprint density at radius 2 is 2.31 bits per heavy atom. The minimum Gasteiger partial charge on any atom is -0.275 e. The van der Waals surface area contributed by atoms with Crippen LogP contribution in [0.15, 0.2) is 17.8 Å². The summed E-state index contributed by atoms with van der Waals surface area (Å²) in [5, 5.41) is 4.37. The molecule has 16 heavy (non-hydrogen) atoms. The number of nitrogens with one attached hydrogen (secondary N) is 1. The van der Waals surface area contributed by atoms with Gasteiger partial charge in [0.15, 0.2) is 0 Å². The summed E-state index contributed by atoms with van der Waals surface area (Å²) in [6.45, 7) is 2.03. The first-order valence-electron chi connectivity index (χ1n) is 5.87. The van der Waals surface area contributed by atoms with E-state index in [2.05, 4.69) is 22.8 Å². The molecular formula is C12H20N4. The van der Waals surface area contributed by atoms with Crippen molar-refractivity contribution in [3.8, 4) is 0 Å². The van der Waals surface area contributed by atoms with Crippen molar-refractivity contribution < 1.29 is 0 Å². The van der Waals surface area contributed by atoms with E-state index in [0.29, 0.717) is 0 Å². The Bertz CT molecular complexity index is 392. The van der Waals surface area contributed by atoms with Crippen LogP contribution in [0.3, 0.4) is 0 Å². The van der Waals surface area contributed by atoms with Crippen LogP contribution in [0.5, 0.6) is 0 Å². The van der Waals surface area contributed by atoms with Gasteiger partial charge in [0.25, 0.3) is 0 Å². The summed E-state index contributed by atoms with van der Waals surface area (Å²) in [6.07, 6.45) is 9.25. The average molecular weight is 220 g/mol. The topological polar surface area (TPSA) is 55.9 Å². The van der Waals surface area contributed by atoms with Crippen molar-refractivity contribution in [1.82, 2.24) is 15.2 Å². The van der Waals surface area contributed by atoms with E-state index < -0.39 is 0 Å². The zero-order valence-corrected chi connectivity index (χ0v) is 10.0. The highest BCUT2D eigenvalue weighted by Crippen LogP contribution is 2.30. The third-order valence-corrected chi connectivity index (χ3v) is 3.23. The summed E-state index contributed by atoms with van der Waals surface area (Å²) in [4.78, 5) is 0. The Labute approximate surface area is 96.5 Å². The van der Waals surface area contributed by atoms with Crippen LogP contribution >= 0.6 is 0 Å². The quantitative estimate of drug-likeness (QED) is 0.463. The van der Waals surface area contributed by atoms with E-state index in [-0.39, 0.29) is 6.04 Å². The van der Waals surface area contributed by atoms with Crippen molar-refractivity contribution in [3.05, 3.63) is 29.1 Å². The van der Waals surface area contributed by atoms with Crippen molar-refractivity contribution in [2.45, 2.75) is 38.6 Å². The summed E-state index contributed by atoms with van der Waals surface area (Å²) < 4.78 is 1.85. The molecule has 0 aliphatic heterocycles. The van der Waals surface area contributed by atoms with Gasteiger partial charge >= 0.3 is 0 Å². The summed E-state index contributed by atoms with van der Waals surface area (Å²) >= 11 is 0. The molecule has 1 aromatic rings. The van der Waals surface area contributed by atoms with Crippen LogP contribution in [0, 0.1) is 6.92 Å². The maximum absolute atomic E-state index is 5.69. The number of hydrogen-bond acceptors (Lipinski definition) is 3. The van der Waals surface area contributed by atoms with Crippen molar-refractivity contribution in [2.75, 3.05) is 0 Å². The fraction of sp³-hybridized carbons (Fsp3) is 0.583. The van der Waals surface area contributed by atoms with E-state index in [4.69, 9.17) is 5.84 Å². The normalized spacial score (nSPS) is 18.3. The largest absolute Gasteiger partial charge is 0.275 e. The summed E-state index contributed by atoms with van der Waals surface area (Å²) in [5.41, 5.74) is 6.57. The van der Waals surface area contributed by atoms with Gasteiger partial charge in [0.1, 0.15) is 0 Å². The number of aromatic nitrogens is 2. The summed E-state index contributed by atoms with van der Waals surface area (Å²) in [6, 6.07) is 0.133. The van der Waals surface area contributed by atoms with Gasteiger partial charge < -0.3 is 0 Å². The summed E-state index contributed by atoms with van der Waals surface area (Å²) in [5.74, 6) is 5.69. The number of aryl methyl sites for hydroxylation is 2. The van der Waals surface area contributed by atoms with Gasteiger partial charge in [-0.15, -0.1) is 0 Å². The first-order chi connectivity index (χ1) is 7.72. The fourth-order valence-corrected chi connectivity index (χ4v) is 2.42. The van der Waals surface area contributed by atoms with E-state index in [1.54, 1.807) is 0 Å². The van der Waals surface area contributed by atoms with Gasteiger partial charge in [0.2, 0.25) is 0 Å². The Kier molecular flexibility index (Phi) is 3.41. The molecule has 1 aliphatic rings. The molecule has 1 heterocycles. The van der Waals surface area contributed by atoms with Gasteiger partial charge in [0.05, 0.1) is 11.7 Å². The smallest absolute Gasteiger partial charge is 0.0703 e. The number of hydrogen-bond donors (Lipinski definition) is 2. The molecular weight excluding hydrogens is 200 g/mol. The highest BCUT2D eigenvalue weighted by atomic mass is 15.3. The molecule has 3 N–H and O–H groups in total. The number of nitrogens with two attached hydrogens (primary N) is 1. The zero-order valence-electron chi connectivity index (χ0n) is 10.0. The van der Waals surface area contributed by atoms with E-state index in [1.807, 2.05) is 18.7 Å². The summed E-state index contributed by atoms with van der Waals surface area (Å²) in [7, 11) is 1.94. The number of nitrogens with zero attached hydrogens (tertiary/aromatic N) is 2. The molecule has 1 atom stereocenters. The third-order valence-electron chi connectivity index (χ3n) is 3.23. The van der Waals surface area contributed by atoms with E-state index >= 15 is 0 Å². The minimum atomic E-state index is 0.133. The van der Waals surface area contributed by atoms with Crippen LogP contribution in [0.1, 0.15) is 43.0 Å². The van der Waals surface area contributed by atoms with Crippen molar-refractivity contribution >= 4 is 0 Å². The third kappa shape index (κ3) is 2.18. The predicted octanol–water partition coefficient (Wildman–Crippen LogP) is 1.73. The SMILES string of the molecule is Cc1nn(C)cc1C(NN)C1=CCCCC1. The van der Waals surface area contributed by atoms with Crippen molar-refractivity contribution in [3.63, 3.8) is 0 Å². The second-order valence-electron chi connectivity index (χ2n) is 4.47. The second kappa shape index (κ2) is 4.80. The minimum absolute atomic E-state index is 0.133. The molecule has 0 radical (unpaired) electrons. The lowest BCUT2D eigenvalue weighted by Gasteiger charge is -2.22. The molecule has 0 saturated carbocycles. The standard InChI is InChI=1S/C12H20N4/c1-9-11(8-16(2)15-9)12(14-13)10-6-4-3-5-7-10/h6,8,12,14H,3-5,7,13H2,1-2H3. The van der Waals surface area contributed by atoms with Crippen LogP contribution < -0.4 is 11.3 Å². The van der Waals surface area contributed by atoms with E-state index in [9.17, 15) is 0 Å². The molecule has 0 spiro atoms. The highest BCUT2D eigenvalue weighted by molar-refractivity contribution is 5.30. The first-order valence-corrected chi connectivity index (χ1v) is 5.87. The average Bonchev–Trinajstić information content (AvgIpc) is 2.61. The van der Waals surface area contributed by atoms with Gasteiger partial charge in [-0.1, -0.05) is 11.6 Å². The second-order valence-corrected chi connectivity index (χ2v) is 4.47. The number of rotatable bonds is 3. The number of allylic oxidation sites excluding steroid dienone is 1. The molecule has 0 aromatic carbocycles. The molecule has 0 bridgehead atoms. The maximum atomic E-state index is 5.69. The zero-order chi connectivity index (χ0) is 11.5. The fourth-order valence-electron chi connectivity index (χ4n) is 2.42. The van der Waals surface area contributed by atoms with Crippen LogP contribution in [0.25, 0.3) is 0 Å². The highest BCUT2D eigenvalue weighted by Gasteiger charge is 2.20. The Morgan fingerprint density at radius 1 is 1.50 bits per heavy atom. The molecule has 2 rings (SSSR count). The van der Waals surface area contributed by atoms with Crippen molar-refractivity contribution in [2.24, 2.45) is 12.9 Å². The first kappa shape index (κ1) is 11.4. The lowest BCUT2D eigenvalue weighted by atomic mass is 9.90. The Balaban J connectivity index is 2.28. The van der Waals surface area contributed by atoms with Gasteiger partial charge in [-0.2, -0.15) is 5.10 Å². The monoisotopic (exact) mass is 220 g/mol. The molecule has 0 fully saturated rings. The lowest BCUT2D eigenvalue weighted by molar-refractivity contribution is 0.563. The van der Waals surface area contributed by atoms with Gasteiger partial charge in [-0.25, -0.2) is 5.43 Å². The van der Waals surface area contributed by atoms with Crippen LogP contribution in [0.4, 0.5) is 0 Å². The Morgan fingerprint density at radius 3 is 2.81 bits per heavy atom.